The minimum Gasteiger partial charge on any atom is -0.367 e. The molecule has 2 aromatic rings. The van der Waals surface area contributed by atoms with Crippen LogP contribution in [0.3, 0.4) is 0 Å². The van der Waals surface area contributed by atoms with Gasteiger partial charge in [-0.3, -0.25) is 4.79 Å². The van der Waals surface area contributed by atoms with Crippen LogP contribution in [-0.2, 0) is 16.1 Å². The van der Waals surface area contributed by atoms with Crippen molar-refractivity contribution >= 4 is 17.7 Å². The summed E-state index contributed by atoms with van der Waals surface area (Å²) in [7, 11) is 0. The molecule has 1 amide bonds. The average molecular weight is 331 g/mol. The molecule has 3 rings (SSSR count). The third-order valence-electron chi connectivity index (χ3n) is 3.70. The summed E-state index contributed by atoms with van der Waals surface area (Å²) < 4.78 is 18.6. The molecular formula is C18H18FNO2S. The summed E-state index contributed by atoms with van der Waals surface area (Å²) in [6, 6.07) is 16.1. The largest absolute Gasteiger partial charge is 0.367 e. The summed E-state index contributed by atoms with van der Waals surface area (Å²) in [6.45, 7) is 1.18. The number of amides is 1. The predicted molar refractivity (Wildman–Crippen MR) is 89.4 cm³/mol. The fourth-order valence-electron chi connectivity index (χ4n) is 2.54. The van der Waals surface area contributed by atoms with Gasteiger partial charge in [0.1, 0.15) is 17.8 Å². The highest BCUT2D eigenvalue weighted by atomic mass is 32.2. The van der Waals surface area contributed by atoms with Gasteiger partial charge in [-0.2, -0.15) is 0 Å². The second-order valence-electron chi connectivity index (χ2n) is 5.34. The Bertz CT molecular complexity index is 648. The topological polar surface area (TPSA) is 29.5 Å². The van der Waals surface area contributed by atoms with Gasteiger partial charge in [0.2, 0.25) is 5.91 Å². The number of rotatable bonds is 5. The Morgan fingerprint density at radius 1 is 1.17 bits per heavy atom. The number of thioether (sulfide) groups is 1. The molecule has 1 fully saturated rings. The van der Waals surface area contributed by atoms with E-state index < -0.39 is 0 Å². The zero-order valence-corrected chi connectivity index (χ0v) is 13.5. The highest BCUT2D eigenvalue weighted by molar-refractivity contribution is 7.99. The van der Waals surface area contributed by atoms with Crippen molar-refractivity contribution < 1.29 is 13.9 Å². The minimum atomic E-state index is -0.263. The number of hydrogen-bond donors (Lipinski definition) is 0. The van der Waals surface area contributed by atoms with E-state index in [0.717, 1.165) is 16.9 Å². The molecular weight excluding hydrogens is 313 g/mol. The third kappa shape index (κ3) is 4.12. The summed E-state index contributed by atoms with van der Waals surface area (Å²) in [5.74, 6) is 0.591. The first-order valence-electron chi connectivity index (χ1n) is 7.52. The van der Waals surface area contributed by atoms with Crippen molar-refractivity contribution in [1.82, 2.24) is 4.90 Å². The molecule has 0 radical (unpaired) electrons. The molecule has 1 saturated heterocycles. The van der Waals surface area contributed by atoms with Gasteiger partial charge in [-0.1, -0.05) is 42.5 Å². The molecule has 1 unspecified atom stereocenters. The van der Waals surface area contributed by atoms with E-state index in [1.54, 1.807) is 23.9 Å². The smallest absolute Gasteiger partial charge is 0.249 e. The Hall–Kier alpha value is -1.85. The summed E-state index contributed by atoms with van der Waals surface area (Å²) in [4.78, 5) is 14.2. The molecule has 0 aromatic heterocycles. The quantitative estimate of drug-likeness (QED) is 0.838. The van der Waals surface area contributed by atoms with Crippen LogP contribution in [0.5, 0.6) is 0 Å². The number of carbonyl (C=O) groups excluding carboxylic acids is 1. The SMILES string of the molecule is O=C(COCc1ccccc1)N1CCSC1c1ccc(F)cc1. The van der Waals surface area contributed by atoms with Crippen LogP contribution in [0.2, 0.25) is 0 Å². The van der Waals surface area contributed by atoms with Gasteiger partial charge in [0, 0.05) is 12.3 Å². The number of hydrogen-bond acceptors (Lipinski definition) is 3. The van der Waals surface area contributed by atoms with E-state index in [1.807, 2.05) is 35.2 Å². The van der Waals surface area contributed by atoms with Crippen LogP contribution < -0.4 is 0 Å². The van der Waals surface area contributed by atoms with Crippen molar-refractivity contribution in [3.63, 3.8) is 0 Å². The van der Waals surface area contributed by atoms with Gasteiger partial charge in [0.25, 0.3) is 0 Å². The lowest BCUT2D eigenvalue weighted by molar-refractivity contribution is -0.136. The van der Waals surface area contributed by atoms with E-state index in [4.69, 9.17) is 4.74 Å². The van der Waals surface area contributed by atoms with Gasteiger partial charge in [-0.25, -0.2) is 4.39 Å². The number of carbonyl (C=O) groups is 1. The van der Waals surface area contributed by atoms with Gasteiger partial charge in [0.05, 0.1) is 6.61 Å². The van der Waals surface area contributed by atoms with Crippen molar-refractivity contribution in [1.29, 1.82) is 0 Å². The zero-order chi connectivity index (χ0) is 16.1. The molecule has 0 aliphatic carbocycles. The minimum absolute atomic E-state index is 0.0275. The summed E-state index contributed by atoms with van der Waals surface area (Å²) in [5, 5.41) is -0.0524. The molecule has 2 aromatic carbocycles. The number of benzene rings is 2. The molecule has 120 valence electrons. The van der Waals surface area contributed by atoms with Crippen molar-refractivity contribution in [2.45, 2.75) is 12.0 Å². The molecule has 0 bridgehead atoms. The fraction of sp³-hybridized carbons (Fsp3) is 0.278. The lowest BCUT2D eigenvalue weighted by Gasteiger charge is -2.24. The third-order valence-corrected chi connectivity index (χ3v) is 4.96. The van der Waals surface area contributed by atoms with Crippen LogP contribution in [0, 0.1) is 5.82 Å². The fourth-order valence-corrected chi connectivity index (χ4v) is 3.82. The zero-order valence-electron chi connectivity index (χ0n) is 12.7. The molecule has 1 heterocycles. The molecule has 1 aliphatic rings. The Kier molecular flexibility index (Phi) is 5.31. The van der Waals surface area contributed by atoms with Crippen LogP contribution >= 0.6 is 11.8 Å². The predicted octanol–water partition coefficient (Wildman–Crippen LogP) is 3.62. The van der Waals surface area contributed by atoms with Crippen LogP contribution in [-0.4, -0.2) is 29.7 Å². The first-order valence-corrected chi connectivity index (χ1v) is 8.57. The van der Waals surface area contributed by atoms with Crippen LogP contribution in [0.25, 0.3) is 0 Å². The second-order valence-corrected chi connectivity index (χ2v) is 6.53. The first kappa shape index (κ1) is 16.0. The highest BCUT2D eigenvalue weighted by Gasteiger charge is 2.30. The van der Waals surface area contributed by atoms with Gasteiger partial charge < -0.3 is 9.64 Å². The summed E-state index contributed by atoms with van der Waals surface area (Å²) in [5.41, 5.74) is 2.00. The number of nitrogens with zero attached hydrogens (tertiary/aromatic N) is 1. The van der Waals surface area contributed by atoms with E-state index in [2.05, 4.69) is 0 Å². The van der Waals surface area contributed by atoms with Crippen LogP contribution in [0.1, 0.15) is 16.5 Å². The summed E-state index contributed by atoms with van der Waals surface area (Å²) >= 11 is 1.69. The molecule has 23 heavy (non-hydrogen) atoms. The summed E-state index contributed by atoms with van der Waals surface area (Å²) in [6.07, 6.45) is 0. The van der Waals surface area contributed by atoms with Gasteiger partial charge in [-0.15, -0.1) is 11.8 Å². The van der Waals surface area contributed by atoms with Crippen molar-refractivity contribution in [3.05, 3.63) is 71.5 Å². The molecule has 5 heteroatoms. The van der Waals surface area contributed by atoms with Crippen LogP contribution in [0.4, 0.5) is 4.39 Å². The molecule has 0 saturated carbocycles. The number of halogens is 1. The van der Waals surface area contributed by atoms with E-state index in [1.165, 1.54) is 12.1 Å². The molecule has 1 atom stereocenters. The van der Waals surface area contributed by atoms with Crippen molar-refractivity contribution in [2.75, 3.05) is 18.9 Å². The van der Waals surface area contributed by atoms with Gasteiger partial charge in [-0.05, 0) is 23.3 Å². The van der Waals surface area contributed by atoms with Gasteiger partial charge >= 0.3 is 0 Å². The molecule has 0 spiro atoms. The van der Waals surface area contributed by atoms with E-state index in [9.17, 15) is 9.18 Å². The second kappa shape index (κ2) is 7.62. The Labute approximate surface area is 139 Å². The monoisotopic (exact) mass is 331 g/mol. The maximum atomic E-state index is 13.0. The van der Waals surface area contributed by atoms with E-state index >= 15 is 0 Å². The van der Waals surface area contributed by atoms with Gasteiger partial charge in [0.15, 0.2) is 0 Å². The Morgan fingerprint density at radius 2 is 1.91 bits per heavy atom. The average Bonchev–Trinajstić information content (AvgIpc) is 3.06. The maximum absolute atomic E-state index is 13.0. The molecule has 1 aliphatic heterocycles. The van der Waals surface area contributed by atoms with E-state index in [0.29, 0.717) is 13.2 Å². The lowest BCUT2D eigenvalue weighted by Crippen LogP contribution is -2.33. The number of ether oxygens (including phenoxy) is 1. The normalized spacial score (nSPS) is 17.4. The molecule has 3 nitrogen and oxygen atoms in total. The Morgan fingerprint density at radius 3 is 2.65 bits per heavy atom. The lowest BCUT2D eigenvalue weighted by atomic mass is 10.2. The molecule has 0 N–H and O–H groups in total. The standard InChI is InChI=1S/C18H18FNO2S/c19-16-8-6-15(7-9-16)18-20(10-11-23-18)17(21)13-22-12-14-4-2-1-3-5-14/h1-9,18H,10-13H2. The van der Waals surface area contributed by atoms with E-state index in [-0.39, 0.29) is 23.7 Å². The van der Waals surface area contributed by atoms with Crippen molar-refractivity contribution in [2.24, 2.45) is 0 Å². The van der Waals surface area contributed by atoms with Crippen molar-refractivity contribution in [3.8, 4) is 0 Å². The Balaban J connectivity index is 1.56. The maximum Gasteiger partial charge on any atom is 0.249 e. The van der Waals surface area contributed by atoms with Crippen LogP contribution in [0.15, 0.2) is 54.6 Å². The first-order chi connectivity index (χ1) is 11.2. The highest BCUT2D eigenvalue weighted by Crippen LogP contribution is 2.37.